The SMILES string of the molecule is CC(/C=C/c1ccc(N(C)C)cc1)=C\C=C\C=C(C)\C=C(/C#N)C(=O)O. The molecule has 0 amide bonds. The smallest absolute Gasteiger partial charge is 0.346 e. The molecule has 26 heavy (non-hydrogen) atoms. The monoisotopic (exact) mass is 348 g/mol. The molecule has 0 fully saturated rings. The Morgan fingerprint density at radius 2 is 1.65 bits per heavy atom. The van der Waals surface area contributed by atoms with Crippen molar-refractivity contribution in [1.82, 2.24) is 0 Å². The highest BCUT2D eigenvalue weighted by molar-refractivity contribution is 5.91. The summed E-state index contributed by atoms with van der Waals surface area (Å²) in [5.41, 5.74) is 3.80. The summed E-state index contributed by atoms with van der Waals surface area (Å²) in [5, 5.41) is 17.5. The molecule has 0 atom stereocenters. The third-order valence-corrected chi connectivity index (χ3v) is 3.50. The second-order valence-electron chi connectivity index (χ2n) is 6.00. The normalized spacial score (nSPS) is 13.3. The second-order valence-corrected chi connectivity index (χ2v) is 6.00. The van der Waals surface area contributed by atoms with Gasteiger partial charge < -0.3 is 10.0 Å². The summed E-state index contributed by atoms with van der Waals surface area (Å²) in [6.07, 6.45) is 12.8. The number of rotatable bonds is 7. The Balaban J connectivity index is 2.70. The van der Waals surface area contributed by atoms with Crippen molar-refractivity contribution >= 4 is 17.7 Å². The van der Waals surface area contributed by atoms with Crippen molar-refractivity contribution in [1.29, 1.82) is 5.26 Å². The largest absolute Gasteiger partial charge is 0.477 e. The Morgan fingerprint density at radius 1 is 1.08 bits per heavy atom. The topological polar surface area (TPSA) is 64.3 Å². The maximum absolute atomic E-state index is 10.8. The van der Waals surface area contributed by atoms with Gasteiger partial charge in [0.25, 0.3) is 0 Å². The van der Waals surface area contributed by atoms with Crippen molar-refractivity contribution in [2.45, 2.75) is 13.8 Å². The fourth-order valence-corrected chi connectivity index (χ4v) is 2.00. The van der Waals surface area contributed by atoms with Gasteiger partial charge in [0.05, 0.1) is 0 Å². The minimum atomic E-state index is -1.22. The molecular formula is C22H24N2O2. The summed E-state index contributed by atoms with van der Waals surface area (Å²) in [4.78, 5) is 12.8. The van der Waals surface area contributed by atoms with Crippen LogP contribution in [0.15, 0.2) is 77.4 Å². The highest BCUT2D eigenvalue weighted by Gasteiger charge is 2.04. The van der Waals surface area contributed by atoms with E-state index in [2.05, 4.69) is 35.2 Å². The molecule has 0 bridgehead atoms. The van der Waals surface area contributed by atoms with Gasteiger partial charge in [0, 0.05) is 19.8 Å². The fraction of sp³-hybridized carbons (Fsp3) is 0.182. The van der Waals surface area contributed by atoms with Gasteiger partial charge in [0.2, 0.25) is 0 Å². The minimum Gasteiger partial charge on any atom is -0.477 e. The van der Waals surface area contributed by atoms with Gasteiger partial charge in [-0.1, -0.05) is 54.2 Å². The molecule has 0 saturated heterocycles. The zero-order chi connectivity index (χ0) is 19.5. The molecular weight excluding hydrogens is 324 g/mol. The molecule has 1 N–H and O–H groups in total. The third-order valence-electron chi connectivity index (χ3n) is 3.50. The van der Waals surface area contributed by atoms with Crippen molar-refractivity contribution in [3.63, 3.8) is 0 Å². The van der Waals surface area contributed by atoms with Crippen LogP contribution in [0.4, 0.5) is 5.69 Å². The molecule has 0 aliphatic rings. The molecule has 0 aromatic heterocycles. The Labute approximate surface area is 155 Å². The molecule has 0 saturated carbocycles. The maximum atomic E-state index is 10.8. The van der Waals surface area contributed by atoms with Crippen LogP contribution in [-0.2, 0) is 4.79 Å². The molecule has 0 aliphatic carbocycles. The van der Waals surface area contributed by atoms with Crippen LogP contribution in [0.3, 0.4) is 0 Å². The van der Waals surface area contributed by atoms with E-state index in [-0.39, 0.29) is 5.57 Å². The van der Waals surface area contributed by atoms with E-state index in [9.17, 15) is 4.79 Å². The third kappa shape index (κ3) is 7.50. The Hall–Kier alpha value is -3.32. The molecule has 0 spiro atoms. The summed E-state index contributed by atoms with van der Waals surface area (Å²) in [6.45, 7) is 3.75. The standard InChI is InChI=1S/C22H24N2O2/c1-17(9-10-19-11-13-21(14-12-19)24(3)4)7-5-6-8-18(2)15-20(16-23)22(25)26/h5-15H,1-4H3,(H,25,26)/b6-5+,10-9+,17-7+,18-8+,20-15+. The van der Waals surface area contributed by atoms with E-state index < -0.39 is 5.97 Å². The highest BCUT2D eigenvalue weighted by atomic mass is 16.4. The maximum Gasteiger partial charge on any atom is 0.346 e. The first kappa shape index (κ1) is 20.7. The lowest BCUT2D eigenvalue weighted by Crippen LogP contribution is -2.07. The predicted octanol–water partition coefficient (Wildman–Crippen LogP) is 4.75. The minimum absolute atomic E-state index is 0.276. The number of nitriles is 1. The van der Waals surface area contributed by atoms with Gasteiger partial charge >= 0.3 is 5.97 Å². The average Bonchev–Trinajstić information content (AvgIpc) is 2.61. The molecule has 1 rings (SSSR count). The van der Waals surface area contributed by atoms with Crippen LogP contribution >= 0.6 is 0 Å². The van der Waals surface area contributed by atoms with E-state index in [4.69, 9.17) is 10.4 Å². The van der Waals surface area contributed by atoms with E-state index in [1.165, 1.54) is 6.08 Å². The molecule has 0 heterocycles. The number of allylic oxidation sites excluding steroid dienone is 8. The van der Waals surface area contributed by atoms with Gasteiger partial charge in [-0.05, 0) is 43.2 Å². The molecule has 1 aromatic carbocycles. The molecule has 4 nitrogen and oxygen atoms in total. The fourth-order valence-electron chi connectivity index (χ4n) is 2.00. The summed E-state index contributed by atoms with van der Waals surface area (Å²) in [6, 6.07) is 9.95. The first-order valence-corrected chi connectivity index (χ1v) is 8.16. The first-order chi connectivity index (χ1) is 12.3. The highest BCUT2D eigenvalue weighted by Crippen LogP contribution is 2.14. The Bertz CT molecular complexity index is 815. The molecule has 1 aromatic rings. The predicted molar refractivity (Wildman–Crippen MR) is 108 cm³/mol. The van der Waals surface area contributed by atoms with E-state index >= 15 is 0 Å². The molecule has 0 aliphatic heterocycles. The summed E-state index contributed by atoms with van der Waals surface area (Å²) < 4.78 is 0. The summed E-state index contributed by atoms with van der Waals surface area (Å²) >= 11 is 0. The lowest BCUT2D eigenvalue weighted by molar-refractivity contribution is -0.132. The number of aliphatic carboxylic acids is 1. The van der Waals surface area contributed by atoms with Crippen molar-refractivity contribution in [3.05, 3.63) is 83.0 Å². The van der Waals surface area contributed by atoms with Crippen molar-refractivity contribution in [3.8, 4) is 6.07 Å². The number of benzene rings is 1. The zero-order valence-corrected chi connectivity index (χ0v) is 15.6. The average molecular weight is 348 g/mol. The zero-order valence-electron chi connectivity index (χ0n) is 15.6. The van der Waals surface area contributed by atoms with Crippen LogP contribution in [0.2, 0.25) is 0 Å². The number of hydrogen-bond acceptors (Lipinski definition) is 3. The first-order valence-electron chi connectivity index (χ1n) is 8.16. The molecule has 4 heteroatoms. The quantitative estimate of drug-likeness (QED) is 0.439. The van der Waals surface area contributed by atoms with E-state index in [0.717, 1.165) is 16.8 Å². The van der Waals surface area contributed by atoms with Crippen LogP contribution in [0.5, 0.6) is 0 Å². The Kier molecular flexibility index (Phi) is 8.39. The second kappa shape index (κ2) is 10.5. The van der Waals surface area contributed by atoms with Crippen LogP contribution in [0.25, 0.3) is 6.08 Å². The number of carboxylic acids is 1. The van der Waals surface area contributed by atoms with Crippen LogP contribution < -0.4 is 4.90 Å². The lowest BCUT2D eigenvalue weighted by Gasteiger charge is -2.11. The lowest BCUT2D eigenvalue weighted by atomic mass is 10.1. The van der Waals surface area contributed by atoms with Crippen molar-refractivity contribution < 1.29 is 9.90 Å². The number of hydrogen-bond donors (Lipinski definition) is 1. The van der Waals surface area contributed by atoms with Gasteiger partial charge in [-0.25, -0.2) is 4.79 Å². The van der Waals surface area contributed by atoms with Gasteiger partial charge in [-0.15, -0.1) is 0 Å². The van der Waals surface area contributed by atoms with Gasteiger partial charge in [0.1, 0.15) is 11.6 Å². The molecule has 134 valence electrons. The number of anilines is 1. The summed E-state index contributed by atoms with van der Waals surface area (Å²) in [7, 11) is 4.03. The van der Waals surface area contributed by atoms with E-state index in [0.29, 0.717) is 5.57 Å². The van der Waals surface area contributed by atoms with Gasteiger partial charge in [-0.3, -0.25) is 0 Å². The number of carbonyl (C=O) groups is 1. The van der Waals surface area contributed by atoms with Gasteiger partial charge in [-0.2, -0.15) is 5.26 Å². The van der Waals surface area contributed by atoms with Gasteiger partial charge in [0.15, 0.2) is 0 Å². The van der Waals surface area contributed by atoms with E-state index in [1.807, 2.05) is 45.3 Å². The van der Waals surface area contributed by atoms with Crippen molar-refractivity contribution in [2.24, 2.45) is 0 Å². The van der Waals surface area contributed by atoms with Crippen LogP contribution in [0, 0.1) is 11.3 Å². The Morgan fingerprint density at radius 3 is 2.15 bits per heavy atom. The van der Waals surface area contributed by atoms with E-state index in [1.54, 1.807) is 19.1 Å². The van der Waals surface area contributed by atoms with Crippen LogP contribution in [0.1, 0.15) is 19.4 Å². The number of nitrogens with zero attached hydrogens (tertiary/aromatic N) is 2. The molecule has 0 radical (unpaired) electrons. The summed E-state index contributed by atoms with van der Waals surface area (Å²) in [5.74, 6) is -1.22. The van der Waals surface area contributed by atoms with Crippen LogP contribution in [-0.4, -0.2) is 25.2 Å². The van der Waals surface area contributed by atoms with Crippen molar-refractivity contribution in [2.75, 3.05) is 19.0 Å². The molecule has 0 unspecified atom stereocenters. The number of carboxylic acid groups (broad SMARTS) is 1.